The average Bonchev–Trinajstić information content (AvgIpc) is 2.54. The van der Waals surface area contributed by atoms with E-state index >= 15 is 0 Å². The van der Waals surface area contributed by atoms with Crippen LogP contribution in [0.4, 0.5) is 0 Å². The number of hydrogen-bond donors (Lipinski definition) is 2. The van der Waals surface area contributed by atoms with Gasteiger partial charge in [-0.3, -0.25) is 4.79 Å². The quantitative estimate of drug-likeness (QED) is 0.826. The van der Waals surface area contributed by atoms with Crippen LogP contribution in [0.2, 0.25) is 10.0 Å². The Kier molecular flexibility index (Phi) is 8.55. The first-order valence-electron chi connectivity index (χ1n) is 7.36. The minimum Gasteiger partial charge on any atom is -0.495 e. The van der Waals surface area contributed by atoms with Crippen LogP contribution in [-0.4, -0.2) is 20.1 Å². The van der Waals surface area contributed by atoms with Crippen LogP contribution >= 0.6 is 35.6 Å². The van der Waals surface area contributed by atoms with Crippen molar-refractivity contribution in [2.24, 2.45) is 11.5 Å². The molecule has 24 heavy (non-hydrogen) atoms. The van der Waals surface area contributed by atoms with Gasteiger partial charge in [0, 0.05) is 14.8 Å². The van der Waals surface area contributed by atoms with E-state index in [1.165, 1.54) is 26.4 Å². The van der Waals surface area contributed by atoms with Gasteiger partial charge in [0.2, 0.25) is 5.91 Å². The molecule has 132 valence electrons. The van der Waals surface area contributed by atoms with Gasteiger partial charge in [-0.1, -0.05) is 29.3 Å². The van der Waals surface area contributed by atoms with Crippen LogP contribution in [0.15, 0.2) is 36.4 Å². The number of carbonyl (C=O) groups excluding carboxylic acids is 1. The molecule has 0 aliphatic rings. The number of benzene rings is 2. The van der Waals surface area contributed by atoms with Gasteiger partial charge in [-0.15, -0.1) is 12.4 Å². The molecule has 5 nitrogen and oxygen atoms in total. The second-order valence-corrected chi connectivity index (χ2v) is 5.02. The summed E-state index contributed by atoms with van der Waals surface area (Å²) < 4.78 is 24.3. The van der Waals surface area contributed by atoms with Crippen LogP contribution in [0.5, 0.6) is 11.5 Å². The van der Waals surface area contributed by atoms with Crippen LogP contribution in [0.3, 0.4) is 0 Å². The first-order chi connectivity index (χ1) is 11.6. The number of methoxy groups -OCH3 is 2. The zero-order valence-corrected chi connectivity index (χ0v) is 15.3. The molecular formula is C16H19Cl3N2O3. The molecule has 0 fully saturated rings. The normalized spacial score (nSPS) is 11.0. The Morgan fingerprint density at radius 2 is 1.58 bits per heavy atom. The van der Waals surface area contributed by atoms with Gasteiger partial charge in [0.1, 0.15) is 11.5 Å². The third-order valence-electron chi connectivity index (χ3n) is 2.75. The molecule has 2 rings (SSSR count). The lowest BCUT2D eigenvalue weighted by molar-refractivity contribution is 0.100. The second-order valence-electron chi connectivity index (χ2n) is 4.21. The molecular weight excluding hydrogens is 375 g/mol. The molecule has 0 unspecified atom stereocenters. The number of nitrogens with two attached hydrogens (primary N) is 2. The molecule has 1 amide bonds. The maximum atomic E-state index is 10.7. The molecule has 0 aliphatic heterocycles. The van der Waals surface area contributed by atoms with Gasteiger partial charge in [-0.25, -0.2) is 0 Å². The number of ether oxygens (including phenoxy) is 2. The highest BCUT2D eigenvalue weighted by Gasteiger charge is 2.04. The second kappa shape index (κ2) is 11.0. The monoisotopic (exact) mass is 394 g/mol. The molecule has 0 saturated carbocycles. The Labute approximate surface area is 160 Å². The molecule has 0 aromatic heterocycles. The van der Waals surface area contributed by atoms with Crippen LogP contribution < -0.4 is 20.9 Å². The lowest BCUT2D eigenvalue weighted by atomic mass is 10.2. The molecule has 0 radical (unpaired) electrons. The first kappa shape index (κ1) is 18.7. The van der Waals surface area contributed by atoms with E-state index in [2.05, 4.69) is 0 Å². The van der Waals surface area contributed by atoms with Crippen molar-refractivity contribution >= 4 is 41.5 Å². The van der Waals surface area contributed by atoms with Crippen molar-refractivity contribution < 1.29 is 17.0 Å². The van der Waals surface area contributed by atoms with E-state index in [1.54, 1.807) is 24.3 Å². The van der Waals surface area contributed by atoms with E-state index in [-0.39, 0.29) is 12.4 Å². The van der Waals surface area contributed by atoms with Crippen molar-refractivity contribution in [1.29, 1.82) is 0 Å². The summed E-state index contributed by atoms with van der Waals surface area (Å²) >= 11 is 11.5. The zero-order valence-electron chi connectivity index (χ0n) is 15.0. The topological polar surface area (TPSA) is 87.6 Å². The maximum Gasteiger partial charge on any atom is 0.248 e. The van der Waals surface area contributed by atoms with Gasteiger partial charge in [0.05, 0.1) is 24.3 Å². The predicted molar refractivity (Wildman–Crippen MR) is 99.7 cm³/mol. The van der Waals surface area contributed by atoms with E-state index < -0.39 is 12.4 Å². The van der Waals surface area contributed by atoms with Gasteiger partial charge in [0.25, 0.3) is 0 Å². The minimum absolute atomic E-state index is 0. The molecule has 0 spiro atoms. The highest BCUT2D eigenvalue weighted by molar-refractivity contribution is 6.32. The third kappa shape index (κ3) is 6.45. The summed E-state index contributed by atoms with van der Waals surface area (Å²) in [6.45, 7) is -1.87. The van der Waals surface area contributed by atoms with Crippen LogP contribution in [0.1, 0.15) is 18.7 Å². The summed E-state index contributed by atoms with van der Waals surface area (Å²) in [5, 5.41) is 0.739. The summed E-state index contributed by atoms with van der Waals surface area (Å²) in [5.41, 5.74) is 11.0. The highest BCUT2D eigenvalue weighted by Crippen LogP contribution is 2.25. The molecule has 0 aliphatic carbocycles. The first-order valence-corrected chi connectivity index (χ1v) is 7.12. The van der Waals surface area contributed by atoms with Gasteiger partial charge in [-0.05, 0) is 35.9 Å². The Morgan fingerprint density at radius 3 is 1.96 bits per heavy atom. The Morgan fingerprint density at radius 1 is 1.08 bits per heavy atom. The number of rotatable bonds is 4. The van der Waals surface area contributed by atoms with Crippen molar-refractivity contribution in [3.63, 3.8) is 0 Å². The van der Waals surface area contributed by atoms with Crippen LogP contribution in [-0.2, 0) is 6.50 Å². The molecule has 4 N–H and O–H groups in total. The van der Waals surface area contributed by atoms with E-state index in [9.17, 15) is 4.79 Å². The Hall–Kier alpha value is -1.66. The smallest absolute Gasteiger partial charge is 0.248 e. The van der Waals surface area contributed by atoms with E-state index in [1.807, 2.05) is 0 Å². The molecule has 8 heteroatoms. The SMILES string of the molecule is COc1ccc(C(N)=O)cc1Cl.Cl.[2H]C([2H])(N)c1ccc(OC)c(Cl)c1. The van der Waals surface area contributed by atoms with Crippen molar-refractivity contribution in [3.8, 4) is 11.5 Å². The van der Waals surface area contributed by atoms with E-state index in [0.29, 0.717) is 32.7 Å². The van der Waals surface area contributed by atoms with Crippen LogP contribution in [0, 0.1) is 0 Å². The van der Waals surface area contributed by atoms with Crippen LogP contribution in [0.25, 0.3) is 0 Å². The molecule has 0 atom stereocenters. The third-order valence-corrected chi connectivity index (χ3v) is 3.35. The fourth-order valence-corrected chi connectivity index (χ4v) is 2.09. The zero-order chi connectivity index (χ0) is 19.2. The number of primary amides is 1. The maximum absolute atomic E-state index is 10.7. The predicted octanol–water partition coefficient (Wildman–Crippen LogP) is 3.68. The summed E-state index contributed by atoms with van der Waals surface area (Å²) in [6.07, 6.45) is 0. The minimum atomic E-state index is -1.87. The number of halogens is 3. The van der Waals surface area contributed by atoms with Crippen molar-refractivity contribution in [2.45, 2.75) is 6.50 Å². The highest BCUT2D eigenvalue weighted by atomic mass is 35.5. The molecule has 0 heterocycles. The Bertz CT molecular complexity index is 756. The van der Waals surface area contributed by atoms with Crippen molar-refractivity contribution in [1.82, 2.24) is 0 Å². The van der Waals surface area contributed by atoms with E-state index in [4.69, 9.17) is 46.9 Å². The molecule has 2 aromatic rings. The lowest BCUT2D eigenvalue weighted by Gasteiger charge is -2.03. The summed E-state index contributed by atoms with van der Waals surface area (Å²) in [6, 6.07) is 9.23. The fourth-order valence-electron chi connectivity index (χ4n) is 1.58. The summed E-state index contributed by atoms with van der Waals surface area (Å²) in [7, 11) is 3.00. The largest absolute Gasteiger partial charge is 0.495 e. The van der Waals surface area contributed by atoms with Crippen molar-refractivity contribution in [2.75, 3.05) is 14.2 Å². The molecule has 2 aromatic carbocycles. The molecule has 0 saturated heterocycles. The number of carbonyl (C=O) groups is 1. The summed E-state index contributed by atoms with van der Waals surface area (Å²) in [5.74, 6) is 0.538. The number of hydrogen-bond acceptors (Lipinski definition) is 4. The fraction of sp³-hybridized carbons (Fsp3) is 0.188. The van der Waals surface area contributed by atoms with E-state index in [0.717, 1.165) is 0 Å². The van der Waals surface area contributed by atoms with Crippen molar-refractivity contribution in [3.05, 3.63) is 57.6 Å². The lowest BCUT2D eigenvalue weighted by Crippen LogP contribution is -2.10. The van der Waals surface area contributed by atoms with Gasteiger partial charge >= 0.3 is 0 Å². The average molecular weight is 396 g/mol. The molecule has 0 bridgehead atoms. The number of amides is 1. The standard InChI is InChI=1S/C8H8ClNO2.C8H10ClNO.ClH/c1-12-7-3-2-5(8(10)11)4-6(7)9;1-11-8-3-2-6(5-10)4-7(8)9;/h2-4H,1H3,(H2,10,11);2-4H,5,10H2,1H3;1H/i;5D2;. The summed E-state index contributed by atoms with van der Waals surface area (Å²) in [4.78, 5) is 10.7. The van der Waals surface area contributed by atoms with Gasteiger partial charge < -0.3 is 20.9 Å². The Balaban J connectivity index is 0.000000464. The van der Waals surface area contributed by atoms with Gasteiger partial charge in [0.15, 0.2) is 0 Å². The van der Waals surface area contributed by atoms with Gasteiger partial charge in [-0.2, -0.15) is 0 Å².